The van der Waals surface area contributed by atoms with E-state index < -0.39 is 23.4 Å². The van der Waals surface area contributed by atoms with Crippen molar-refractivity contribution in [2.75, 3.05) is 25.0 Å². The predicted molar refractivity (Wildman–Crippen MR) is 110 cm³/mol. The number of amides is 2. The van der Waals surface area contributed by atoms with E-state index in [1.54, 1.807) is 29.2 Å². The van der Waals surface area contributed by atoms with Crippen LogP contribution in [0.25, 0.3) is 0 Å². The molecule has 2 amide bonds. The molecule has 0 radical (unpaired) electrons. The van der Waals surface area contributed by atoms with Crippen molar-refractivity contribution in [3.8, 4) is 0 Å². The molecule has 158 valence electrons. The monoisotopic (exact) mass is 413 g/mol. The van der Waals surface area contributed by atoms with E-state index in [0.29, 0.717) is 24.3 Å². The smallest absolute Gasteiger partial charge is 0.339 e. The minimum absolute atomic E-state index is 0.0174. The summed E-state index contributed by atoms with van der Waals surface area (Å²) in [6.07, 6.45) is 0. The van der Waals surface area contributed by atoms with Gasteiger partial charge < -0.3 is 15.0 Å². The van der Waals surface area contributed by atoms with Crippen molar-refractivity contribution in [3.63, 3.8) is 0 Å². The summed E-state index contributed by atoms with van der Waals surface area (Å²) in [4.78, 5) is 48.8. The van der Waals surface area contributed by atoms with Gasteiger partial charge in [-0.3, -0.25) is 19.7 Å². The van der Waals surface area contributed by atoms with Gasteiger partial charge in [0.05, 0.1) is 10.5 Å². The lowest BCUT2D eigenvalue weighted by atomic mass is 10.1. The van der Waals surface area contributed by atoms with E-state index in [1.807, 2.05) is 13.8 Å². The molecule has 30 heavy (non-hydrogen) atoms. The Morgan fingerprint density at radius 1 is 1.10 bits per heavy atom. The van der Waals surface area contributed by atoms with Crippen LogP contribution in [0.1, 0.15) is 40.1 Å². The average molecular weight is 413 g/mol. The van der Waals surface area contributed by atoms with Gasteiger partial charge >= 0.3 is 5.97 Å². The second kappa shape index (κ2) is 10.1. The van der Waals surface area contributed by atoms with Crippen molar-refractivity contribution in [1.82, 2.24) is 4.90 Å². The molecule has 1 N–H and O–H groups in total. The molecule has 2 aromatic carbocycles. The second-order valence-electron chi connectivity index (χ2n) is 6.39. The summed E-state index contributed by atoms with van der Waals surface area (Å²) in [6, 6.07) is 10.5. The van der Waals surface area contributed by atoms with Crippen molar-refractivity contribution in [3.05, 3.63) is 69.3 Å². The van der Waals surface area contributed by atoms with E-state index in [2.05, 4.69) is 5.32 Å². The van der Waals surface area contributed by atoms with Crippen molar-refractivity contribution in [2.24, 2.45) is 0 Å². The summed E-state index contributed by atoms with van der Waals surface area (Å²) < 4.78 is 4.98. The number of nitrogens with one attached hydrogen (secondary N) is 1. The van der Waals surface area contributed by atoms with Crippen LogP contribution in [0, 0.1) is 17.0 Å². The lowest BCUT2D eigenvalue weighted by Crippen LogP contribution is -2.30. The molecule has 0 aliphatic heterocycles. The first-order valence-electron chi connectivity index (χ1n) is 9.38. The molecule has 0 bridgehead atoms. The normalized spacial score (nSPS) is 10.2. The fourth-order valence-corrected chi connectivity index (χ4v) is 2.87. The summed E-state index contributed by atoms with van der Waals surface area (Å²) in [6.45, 7) is 5.76. The highest BCUT2D eigenvalue weighted by Gasteiger charge is 2.20. The van der Waals surface area contributed by atoms with Gasteiger partial charge in [0, 0.05) is 36.0 Å². The van der Waals surface area contributed by atoms with Crippen molar-refractivity contribution in [1.29, 1.82) is 0 Å². The molecular weight excluding hydrogens is 390 g/mol. The maximum atomic E-state index is 12.4. The summed E-state index contributed by atoms with van der Waals surface area (Å²) >= 11 is 0. The van der Waals surface area contributed by atoms with Crippen LogP contribution in [0.2, 0.25) is 0 Å². The van der Waals surface area contributed by atoms with Crippen molar-refractivity contribution < 1.29 is 24.0 Å². The summed E-state index contributed by atoms with van der Waals surface area (Å²) in [5.41, 5.74) is 0.796. The Morgan fingerprint density at radius 3 is 2.40 bits per heavy atom. The van der Waals surface area contributed by atoms with Gasteiger partial charge in [-0.15, -0.1) is 0 Å². The molecule has 0 saturated heterocycles. The van der Waals surface area contributed by atoms with Crippen LogP contribution in [0.3, 0.4) is 0 Å². The molecule has 0 saturated carbocycles. The van der Waals surface area contributed by atoms with E-state index in [1.165, 1.54) is 25.1 Å². The van der Waals surface area contributed by atoms with E-state index in [0.717, 1.165) is 0 Å². The van der Waals surface area contributed by atoms with E-state index >= 15 is 0 Å². The molecule has 9 nitrogen and oxygen atoms in total. The first-order valence-corrected chi connectivity index (χ1v) is 9.38. The van der Waals surface area contributed by atoms with E-state index in [9.17, 15) is 24.5 Å². The maximum Gasteiger partial charge on any atom is 0.339 e. The van der Waals surface area contributed by atoms with Crippen LogP contribution in [0.5, 0.6) is 0 Å². The van der Waals surface area contributed by atoms with Crippen LogP contribution in [-0.4, -0.2) is 47.3 Å². The number of benzene rings is 2. The first kappa shape index (κ1) is 22.5. The second-order valence-corrected chi connectivity index (χ2v) is 6.39. The summed E-state index contributed by atoms with van der Waals surface area (Å²) in [5, 5.41) is 13.6. The van der Waals surface area contributed by atoms with Gasteiger partial charge in [0.1, 0.15) is 0 Å². The molecular formula is C21H23N3O6. The van der Waals surface area contributed by atoms with Crippen molar-refractivity contribution in [2.45, 2.75) is 20.8 Å². The van der Waals surface area contributed by atoms with Gasteiger partial charge in [-0.05, 0) is 45.0 Å². The van der Waals surface area contributed by atoms with Crippen LogP contribution in [0.15, 0.2) is 42.5 Å². The molecule has 0 unspecified atom stereocenters. The largest absolute Gasteiger partial charge is 0.452 e. The maximum absolute atomic E-state index is 12.4. The Bertz CT molecular complexity index is 969. The fraction of sp³-hybridized carbons (Fsp3) is 0.286. The zero-order valence-electron chi connectivity index (χ0n) is 17.0. The van der Waals surface area contributed by atoms with Crippen molar-refractivity contribution >= 4 is 29.2 Å². The molecule has 0 aliphatic carbocycles. The molecule has 9 heteroatoms. The third-order valence-electron chi connectivity index (χ3n) is 4.50. The van der Waals surface area contributed by atoms with E-state index in [-0.39, 0.29) is 22.7 Å². The number of esters is 1. The SMILES string of the molecule is CCN(CC)C(=O)c1cccc(NC(=O)COC(=O)c2cccc([N+](=O)[O-])c2C)c1. The number of carbonyl (C=O) groups is 3. The van der Waals surface area contributed by atoms with Crippen LogP contribution < -0.4 is 5.32 Å². The van der Waals surface area contributed by atoms with Gasteiger partial charge in [-0.2, -0.15) is 0 Å². The van der Waals surface area contributed by atoms with Crippen LogP contribution >= 0.6 is 0 Å². The molecule has 2 aromatic rings. The number of rotatable bonds is 8. The number of ether oxygens (including phenoxy) is 1. The highest BCUT2D eigenvalue weighted by molar-refractivity contribution is 5.98. The topological polar surface area (TPSA) is 119 Å². The summed E-state index contributed by atoms with van der Waals surface area (Å²) in [5.74, 6) is -1.58. The molecule has 0 aromatic heterocycles. The summed E-state index contributed by atoms with van der Waals surface area (Å²) in [7, 11) is 0. The zero-order chi connectivity index (χ0) is 22.3. The van der Waals surface area contributed by atoms with Crippen LogP contribution in [-0.2, 0) is 9.53 Å². The molecule has 0 aliphatic rings. The number of carbonyl (C=O) groups excluding carboxylic acids is 3. The Kier molecular flexibility index (Phi) is 7.62. The number of hydrogen-bond donors (Lipinski definition) is 1. The number of nitrogens with zero attached hydrogens (tertiary/aromatic N) is 2. The molecule has 0 spiro atoms. The molecule has 0 atom stereocenters. The Balaban J connectivity index is 2.01. The van der Waals surface area contributed by atoms with Gasteiger partial charge in [-0.25, -0.2) is 4.79 Å². The minimum Gasteiger partial charge on any atom is -0.452 e. The average Bonchev–Trinajstić information content (AvgIpc) is 2.73. The number of anilines is 1. The Morgan fingerprint density at radius 2 is 1.77 bits per heavy atom. The third-order valence-corrected chi connectivity index (χ3v) is 4.50. The minimum atomic E-state index is -0.836. The molecule has 0 heterocycles. The highest BCUT2D eigenvalue weighted by atomic mass is 16.6. The van der Waals surface area contributed by atoms with E-state index in [4.69, 9.17) is 4.74 Å². The van der Waals surface area contributed by atoms with Crippen LogP contribution in [0.4, 0.5) is 11.4 Å². The third kappa shape index (κ3) is 5.40. The Labute approximate surface area is 173 Å². The molecule has 0 fully saturated rings. The Hall–Kier alpha value is -3.75. The molecule has 2 rings (SSSR count). The number of nitro benzene ring substituents is 1. The quantitative estimate of drug-likeness (QED) is 0.403. The van der Waals surface area contributed by atoms with Gasteiger partial charge in [0.2, 0.25) is 0 Å². The first-order chi connectivity index (χ1) is 14.3. The standard InChI is InChI=1S/C21H23N3O6/c1-4-23(5-2)20(26)15-8-6-9-16(12-15)22-19(25)13-30-21(27)17-10-7-11-18(14(17)3)24(28)29/h6-12H,4-5,13H2,1-3H3,(H,22,25). The number of nitro groups is 1. The van der Waals surface area contributed by atoms with Gasteiger partial charge in [0.25, 0.3) is 17.5 Å². The van der Waals surface area contributed by atoms with Gasteiger partial charge in [-0.1, -0.05) is 12.1 Å². The predicted octanol–water partition coefficient (Wildman–Crippen LogP) is 3.18. The highest BCUT2D eigenvalue weighted by Crippen LogP contribution is 2.21. The number of hydrogen-bond acceptors (Lipinski definition) is 6. The lowest BCUT2D eigenvalue weighted by molar-refractivity contribution is -0.385. The van der Waals surface area contributed by atoms with Gasteiger partial charge in [0.15, 0.2) is 6.61 Å². The zero-order valence-corrected chi connectivity index (χ0v) is 17.0. The fourth-order valence-electron chi connectivity index (χ4n) is 2.87. The lowest BCUT2D eigenvalue weighted by Gasteiger charge is -2.19.